The predicted octanol–water partition coefficient (Wildman–Crippen LogP) is 4.03. The maximum absolute atomic E-state index is 11.3. The van der Waals surface area contributed by atoms with Crippen molar-refractivity contribution < 1.29 is 15.0 Å². The Kier molecular flexibility index (Phi) is 5.33. The summed E-state index contributed by atoms with van der Waals surface area (Å²) in [4.78, 5) is 11.3. The lowest BCUT2D eigenvalue weighted by molar-refractivity contribution is -0.144. The molecular formula is C14H16I2O3. The van der Waals surface area contributed by atoms with Crippen LogP contribution in [-0.4, -0.2) is 16.2 Å². The molecule has 0 radical (unpaired) electrons. The molecular weight excluding hydrogens is 470 g/mol. The van der Waals surface area contributed by atoms with Gasteiger partial charge in [0.2, 0.25) is 0 Å². The monoisotopic (exact) mass is 486 g/mol. The normalized spacial score (nSPS) is 23.3. The van der Waals surface area contributed by atoms with Crippen molar-refractivity contribution >= 4 is 51.2 Å². The van der Waals surface area contributed by atoms with Crippen LogP contribution in [0.5, 0.6) is 5.75 Å². The van der Waals surface area contributed by atoms with Gasteiger partial charge < -0.3 is 10.2 Å². The first kappa shape index (κ1) is 15.3. The molecule has 104 valence electrons. The number of aliphatic carboxylic acids is 1. The van der Waals surface area contributed by atoms with Crippen LogP contribution in [0.25, 0.3) is 0 Å². The summed E-state index contributed by atoms with van der Waals surface area (Å²) in [7, 11) is 0. The third-order valence-electron chi connectivity index (χ3n) is 3.80. The van der Waals surface area contributed by atoms with Gasteiger partial charge in [-0.2, -0.15) is 0 Å². The second kappa shape index (κ2) is 6.60. The first-order valence-electron chi connectivity index (χ1n) is 6.38. The molecule has 2 N–H and O–H groups in total. The molecule has 0 aromatic heterocycles. The molecule has 1 fully saturated rings. The zero-order chi connectivity index (χ0) is 14.0. The summed E-state index contributed by atoms with van der Waals surface area (Å²) >= 11 is 4.23. The van der Waals surface area contributed by atoms with Crippen molar-refractivity contribution in [1.29, 1.82) is 0 Å². The van der Waals surface area contributed by atoms with E-state index in [2.05, 4.69) is 45.2 Å². The molecule has 5 heteroatoms. The van der Waals surface area contributed by atoms with E-state index < -0.39 is 5.97 Å². The minimum absolute atomic E-state index is 0.210. The molecule has 2 rings (SSSR count). The highest BCUT2D eigenvalue weighted by Crippen LogP contribution is 2.35. The topological polar surface area (TPSA) is 57.5 Å². The summed E-state index contributed by atoms with van der Waals surface area (Å²) in [5, 5.41) is 19.1. The Hall–Kier alpha value is -0.0500. The molecule has 0 amide bonds. The average molecular weight is 486 g/mol. The van der Waals surface area contributed by atoms with E-state index in [-0.39, 0.29) is 11.8 Å². The standard InChI is InChI=1S/C14H16I2O3/c15-11-6-8(7-12(16)13(11)17)5-9-3-1-2-4-10(9)14(18)19/h6-7,9-10,17H,1-5H2,(H,18,19)/t9-,10+/m1/s1. The lowest BCUT2D eigenvalue weighted by atomic mass is 9.76. The fourth-order valence-electron chi connectivity index (χ4n) is 2.82. The summed E-state index contributed by atoms with van der Waals surface area (Å²) in [5.41, 5.74) is 1.13. The van der Waals surface area contributed by atoms with E-state index in [9.17, 15) is 15.0 Å². The molecule has 0 aliphatic heterocycles. The van der Waals surface area contributed by atoms with Crippen LogP contribution in [0.2, 0.25) is 0 Å². The molecule has 0 bridgehead atoms. The molecule has 2 atom stereocenters. The van der Waals surface area contributed by atoms with Crippen LogP contribution < -0.4 is 0 Å². The van der Waals surface area contributed by atoms with Crippen LogP contribution in [0.4, 0.5) is 0 Å². The van der Waals surface area contributed by atoms with Crippen molar-refractivity contribution in [3.05, 3.63) is 24.8 Å². The SMILES string of the molecule is O=C(O)[C@H]1CCCC[C@@H]1Cc1cc(I)c(O)c(I)c1. The van der Waals surface area contributed by atoms with Gasteiger partial charge >= 0.3 is 5.97 Å². The Morgan fingerprint density at radius 1 is 1.21 bits per heavy atom. The minimum atomic E-state index is -0.659. The van der Waals surface area contributed by atoms with Gasteiger partial charge in [0.1, 0.15) is 5.75 Å². The minimum Gasteiger partial charge on any atom is -0.506 e. The number of phenols is 1. The fourth-order valence-corrected chi connectivity index (χ4v) is 4.71. The van der Waals surface area contributed by atoms with Crippen molar-refractivity contribution in [3.8, 4) is 5.75 Å². The molecule has 1 aromatic carbocycles. The van der Waals surface area contributed by atoms with Gasteiger partial charge in [0.05, 0.1) is 13.1 Å². The lowest BCUT2D eigenvalue weighted by Gasteiger charge is -2.28. The molecule has 0 spiro atoms. The van der Waals surface area contributed by atoms with E-state index in [1.807, 2.05) is 12.1 Å². The number of phenolic OH excluding ortho intramolecular Hbond substituents is 1. The highest BCUT2D eigenvalue weighted by Gasteiger charge is 2.30. The van der Waals surface area contributed by atoms with Gasteiger partial charge in [0.25, 0.3) is 0 Å². The number of aromatic hydroxyl groups is 1. The third-order valence-corrected chi connectivity index (χ3v) is 5.45. The molecule has 19 heavy (non-hydrogen) atoms. The first-order valence-corrected chi connectivity index (χ1v) is 8.54. The van der Waals surface area contributed by atoms with Gasteiger partial charge in [0, 0.05) is 0 Å². The van der Waals surface area contributed by atoms with E-state index >= 15 is 0 Å². The van der Waals surface area contributed by atoms with E-state index in [0.29, 0.717) is 5.75 Å². The molecule has 0 heterocycles. The summed E-state index contributed by atoms with van der Waals surface area (Å²) < 4.78 is 1.67. The fraction of sp³-hybridized carbons (Fsp3) is 0.500. The van der Waals surface area contributed by atoms with Gasteiger partial charge in [-0.1, -0.05) is 12.8 Å². The molecule has 1 aliphatic rings. The Balaban J connectivity index is 2.17. The van der Waals surface area contributed by atoms with E-state index in [1.54, 1.807) is 0 Å². The molecule has 1 aromatic rings. The van der Waals surface area contributed by atoms with Crippen LogP contribution in [0.15, 0.2) is 12.1 Å². The van der Waals surface area contributed by atoms with Crippen LogP contribution in [0.3, 0.4) is 0 Å². The molecule has 1 saturated carbocycles. The van der Waals surface area contributed by atoms with E-state index in [1.165, 1.54) is 0 Å². The van der Waals surface area contributed by atoms with Crippen molar-refractivity contribution in [3.63, 3.8) is 0 Å². The average Bonchev–Trinajstić information content (AvgIpc) is 2.36. The van der Waals surface area contributed by atoms with Crippen molar-refractivity contribution in [2.75, 3.05) is 0 Å². The van der Waals surface area contributed by atoms with E-state index in [0.717, 1.165) is 44.8 Å². The predicted molar refractivity (Wildman–Crippen MR) is 90.3 cm³/mol. The zero-order valence-electron chi connectivity index (χ0n) is 10.4. The van der Waals surface area contributed by atoms with Crippen LogP contribution in [-0.2, 0) is 11.2 Å². The number of carboxylic acid groups (broad SMARTS) is 1. The zero-order valence-corrected chi connectivity index (χ0v) is 14.7. The first-order chi connectivity index (χ1) is 8.99. The smallest absolute Gasteiger partial charge is 0.306 e. The lowest BCUT2D eigenvalue weighted by Crippen LogP contribution is -2.28. The molecule has 3 nitrogen and oxygen atoms in total. The summed E-state index contributed by atoms with van der Waals surface area (Å²) in [5.74, 6) is -0.323. The Labute approximate surface area is 140 Å². The second-order valence-corrected chi connectivity index (χ2v) is 7.43. The number of carboxylic acids is 1. The molecule has 0 saturated heterocycles. The Bertz CT molecular complexity index is 465. The number of hydrogen-bond acceptors (Lipinski definition) is 2. The number of benzene rings is 1. The van der Waals surface area contributed by atoms with Crippen LogP contribution in [0.1, 0.15) is 31.2 Å². The largest absolute Gasteiger partial charge is 0.506 e. The highest BCUT2D eigenvalue weighted by atomic mass is 127. The summed E-state index contributed by atoms with van der Waals surface area (Å²) in [6.07, 6.45) is 4.74. The summed E-state index contributed by atoms with van der Waals surface area (Å²) in [6, 6.07) is 3.93. The van der Waals surface area contributed by atoms with Crippen molar-refractivity contribution in [2.45, 2.75) is 32.1 Å². The Morgan fingerprint density at radius 2 is 1.79 bits per heavy atom. The van der Waals surface area contributed by atoms with Gasteiger partial charge in [-0.15, -0.1) is 0 Å². The highest BCUT2D eigenvalue weighted by molar-refractivity contribution is 14.1. The van der Waals surface area contributed by atoms with Crippen LogP contribution >= 0.6 is 45.2 Å². The van der Waals surface area contributed by atoms with E-state index in [4.69, 9.17) is 0 Å². The summed E-state index contributed by atoms with van der Waals surface area (Å²) in [6.45, 7) is 0. The van der Waals surface area contributed by atoms with Crippen molar-refractivity contribution in [1.82, 2.24) is 0 Å². The van der Waals surface area contributed by atoms with Crippen LogP contribution in [0, 0.1) is 19.0 Å². The quantitative estimate of drug-likeness (QED) is 0.635. The molecule has 0 unspecified atom stereocenters. The van der Waals surface area contributed by atoms with Gasteiger partial charge in [-0.25, -0.2) is 0 Å². The number of hydrogen-bond donors (Lipinski definition) is 2. The Morgan fingerprint density at radius 3 is 2.37 bits per heavy atom. The molecule has 1 aliphatic carbocycles. The van der Waals surface area contributed by atoms with Gasteiger partial charge in [0.15, 0.2) is 0 Å². The van der Waals surface area contributed by atoms with Crippen molar-refractivity contribution in [2.24, 2.45) is 11.8 Å². The maximum Gasteiger partial charge on any atom is 0.306 e. The maximum atomic E-state index is 11.3. The second-order valence-electron chi connectivity index (χ2n) is 5.10. The number of rotatable bonds is 3. The van der Waals surface area contributed by atoms with Gasteiger partial charge in [-0.05, 0) is 88.1 Å². The number of carbonyl (C=O) groups is 1. The third kappa shape index (κ3) is 3.74. The van der Waals surface area contributed by atoms with Gasteiger partial charge in [-0.3, -0.25) is 4.79 Å². The number of halogens is 2.